The molecule has 1 atom stereocenters. The van der Waals surface area contributed by atoms with Gasteiger partial charge >= 0.3 is 0 Å². The Morgan fingerprint density at radius 3 is 2.63 bits per heavy atom. The Labute approximate surface area is 112 Å². The highest BCUT2D eigenvalue weighted by Crippen LogP contribution is 2.24. The summed E-state index contributed by atoms with van der Waals surface area (Å²) in [5, 5.41) is 1.04. The van der Waals surface area contributed by atoms with Crippen LogP contribution in [0.15, 0.2) is 35.7 Å². The van der Waals surface area contributed by atoms with Crippen molar-refractivity contribution in [2.24, 2.45) is 0 Å². The van der Waals surface area contributed by atoms with E-state index in [1.807, 2.05) is 18.2 Å². The van der Waals surface area contributed by atoms with Crippen LogP contribution in [0.2, 0.25) is 0 Å². The number of hydrogen-bond donors (Lipinski definition) is 0. The standard InChI is InChI=1S/C13H15NO4S/c1-18-13-8-7-12(15)14(13)19(16,17)10-9-11-5-3-2-4-6-11/h2-6,9-10,13H,7-8H2,1H3/b10-9+. The highest BCUT2D eigenvalue weighted by Gasteiger charge is 2.38. The molecule has 1 aliphatic rings. The van der Waals surface area contributed by atoms with Crippen molar-refractivity contribution in [2.45, 2.75) is 19.1 Å². The van der Waals surface area contributed by atoms with Crippen molar-refractivity contribution in [3.63, 3.8) is 0 Å². The molecule has 1 unspecified atom stereocenters. The van der Waals surface area contributed by atoms with Gasteiger partial charge in [-0.1, -0.05) is 30.3 Å². The Kier molecular flexibility index (Phi) is 4.01. The van der Waals surface area contributed by atoms with E-state index in [9.17, 15) is 13.2 Å². The third kappa shape index (κ3) is 3.02. The van der Waals surface area contributed by atoms with Gasteiger partial charge in [0.05, 0.1) is 5.41 Å². The summed E-state index contributed by atoms with van der Waals surface area (Å²) in [5.74, 6) is -0.426. The van der Waals surface area contributed by atoms with Gasteiger partial charge in [0.25, 0.3) is 10.0 Å². The predicted octanol–water partition coefficient (Wildman–Crippen LogP) is 1.58. The van der Waals surface area contributed by atoms with Crippen molar-refractivity contribution in [3.8, 4) is 0 Å². The fraction of sp³-hybridized carbons (Fsp3) is 0.308. The molecule has 0 aliphatic carbocycles. The summed E-state index contributed by atoms with van der Waals surface area (Å²) in [4.78, 5) is 11.6. The third-order valence-electron chi connectivity index (χ3n) is 2.89. The van der Waals surface area contributed by atoms with Gasteiger partial charge < -0.3 is 4.74 Å². The second-order valence-corrected chi connectivity index (χ2v) is 5.87. The zero-order valence-corrected chi connectivity index (χ0v) is 11.3. The van der Waals surface area contributed by atoms with Gasteiger partial charge in [-0.25, -0.2) is 12.7 Å². The lowest BCUT2D eigenvalue weighted by Crippen LogP contribution is -2.38. The molecule has 2 rings (SSSR count). The van der Waals surface area contributed by atoms with Crippen molar-refractivity contribution < 1.29 is 17.9 Å². The largest absolute Gasteiger partial charge is 0.360 e. The summed E-state index contributed by atoms with van der Waals surface area (Å²) >= 11 is 0. The molecule has 1 amide bonds. The van der Waals surface area contributed by atoms with Gasteiger partial charge in [0.1, 0.15) is 6.23 Å². The van der Waals surface area contributed by atoms with E-state index in [0.29, 0.717) is 6.42 Å². The summed E-state index contributed by atoms with van der Waals surface area (Å²) in [6, 6.07) is 9.03. The smallest absolute Gasteiger partial charge is 0.261 e. The molecular weight excluding hydrogens is 266 g/mol. The molecule has 0 N–H and O–H groups in total. The molecular formula is C13H15NO4S. The molecule has 1 aromatic carbocycles. The van der Waals surface area contributed by atoms with Crippen LogP contribution in [0.5, 0.6) is 0 Å². The minimum absolute atomic E-state index is 0.191. The first-order valence-corrected chi connectivity index (χ1v) is 7.38. The first-order chi connectivity index (χ1) is 9.04. The van der Waals surface area contributed by atoms with E-state index in [0.717, 1.165) is 15.3 Å². The monoisotopic (exact) mass is 281 g/mol. The number of rotatable bonds is 4. The minimum atomic E-state index is -3.79. The number of carbonyl (C=O) groups is 1. The quantitative estimate of drug-likeness (QED) is 0.840. The second-order valence-electron chi connectivity index (χ2n) is 4.18. The Bertz CT molecular complexity index is 580. The zero-order chi connectivity index (χ0) is 13.9. The Morgan fingerprint density at radius 2 is 2.00 bits per heavy atom. The molecule has 1 fully saturated rings. The van der Waals surface area contributed by atoms with Gasteiger partial charge in [0.15, 0.2) is 0 Å². The molecule has 0 spiro atoms. The number of amides is 1. The summed E-state index contributed by atoms with van der Waals surface area (Å²) in [6.07, 6.45) is 1.36. The number of methoxy groups -OCH3 is 1. The normalized spacial score (nSPS) is 20.4. The van der Waals surface area contributed by atoms with Gasteiger partial charge in [-0.2, -0.15) is 0 Å². The number of hydrogen-bond acceptors (Lipinski definition) is 4. The first kappa shape index (κ1) is 13.8. The van der Waals surface area contributed by atoms with Crippen molar-refractivity contribution in [2.75, 3.05) is 7.11 Å². The number of carbonyl (C=O) groups excluding carboxylic acids is 1. The van der Waals surface area contributed by atoms with E-state index < -0.39 is 22.2 Å². The summed E-state index contributed by atoms with van der Waals surface area (Å²) in [7, 11) is -2.39. The van der Waals surface area contributed by atoms with Crippen LogP contribution in [-0.4, -0.2) is 32.0 Å². The maximum atomic E-state index is 12.1. The summed E-state index contributed by atoms with van der Waals surface area (Å²) in [5.41, 5.74) is 0.756. The van der Waals surface area contributed by atoms with Gasteiger partial charge in [-0.3, -0.25) is 4.79 Å². The molecule has 1 aliphatic heterocycles. The second kappa shape index (κ2) is 5.54. The Balaban J connectivity index is 2.23. The van der Waals surface area contributed by atoms with Crippen LogP contribution in [0.25, 0.3) is 6.08 Å². The molecule has 1 aromatic rings. The van der Waals surface area contributed by atoms with Crippen LogP contribution >= 0.6 is 0 Å². The highest BCUT2D eigenvalue weighted by atomic mass is 32.2. The predicted molar refractivity (Wildman–Crippen MR) is 71.3 cm³/mol. The van der Waals surface area contributed by atoms with Crippen molar-refractivity contribution in [1.82, 2.24) is 4.31 Å². The van der Waals surface area contributed by atoms with E-state index in [1.54, 1.807) is 12.1 Å². The SMILES string of the molecule is COC1CCC(=O)N1S(=O)(=O)/C=C/c1ccccc1. The van der Waals surface area contributed by atoms with Gasteiger partial charge in [-0.15, -0.1) is 0 Å². The summed E-state index contributed by atoms with van der Waals surface area (Å²) in [6.45, 7) is 0. The molecule has 0 saturated carbocycles. The van der Waals surface area contributed by atoms with Crippen LogP contribution in [0.4, 0.5) is 0 Å². The van der Waals surface area contributed by atoms with Gasteiger partial charge in [0, 0.05) is 20.0 Å². The van der Waals surface area contributed by atoms with Crippen LogP contribution in [0.3, 0.4) is 0 Å². The molecule has 6 heteroatoms. The first-order valence-electron chi connectivity index (χ1n) is 5.88. The number of nitrogens with zero attached hydrogens (tertiary/aromatic N) is 1. The Hall–Kier alpha value is -1.66. The molecule has 0 aromatic heterocycles. The lowest BCUT2D eigenvalue weighted by molar-refractivity contribution is -0.127. The molecule has 102 valence electrons. The molecule has 1 saturated heterocycles. The molecule has 5 nitrogen and oxygen atoms in total. The zero-order valence-electron chi connectivity index (χ0n) is 10.5. The average molecular weight is 281 g/mol. The van der Waals surface area contributed by atoms with Crippen LogP contribution in [-0.2, 0) is 19.6 Å². The van der Waals surface area contributed by atoms with Gasteiger partial charge in [0.2, 0.25) is 5.91 Å². The maximum absolute atomic E-state index is 12.1. The van der Waals surface area contributed by atoms with Crippen molar-refractivity contribution >= 4 is 22.0 Å². The fourth-order valence-corrected chi connectivity index (χ4v) is 3.30. The molecule has 0 radical (unpaired) electrons. The third-order valence-corrected chi connectivity index (χ3v) is 4.36. The minimum Gasteiger partial charge on any atom is -0.360 e. The van der Waals surface area contributed by atoms with E-state index in [4.69, 9.17) is 4.74 Å². The lowest BCUT2D eigenvalue weighted by Gasteiger charge is -2.20. The molecule has 0 bridgehead atoms. The van der Waals surface area contributed by atoms with Crippen molar-refractivity contribution in [3.05, 3.63) is 41.3 Å². The summed E-state index contributed by atoms with van der Waals surface area (Å²) < 4.78 is 30.1. The fourth-order valence-electron chi connectivity index (χ4n) is 1.95. The van der Waals surface area contributed by atoms with Crippen LogP contribution < -0.4 is 0 Å². The topological polar surface area (TPSA) is 63.7 Å². The number of sulfonamides is 1. The van der Waals surface area contributed by atoms with Crippen LogP contribution in [0, 0.1) is 0 Å². The van der Waals surface area contributed by atoms with Gasteiger partial charge in [-0.05, 0) is 11.6 Å². The average Bonchev–Trinajstić information content (AvgIpc) is 2.80. The highest BCUT2D eigenvalue weighted by molar-refractivity contribution is 7.92. The Morgan fingerprint density at radius 1 is 1.32 bits per heavy atom. The van der Waals surface area contributed by atoms with E-state index >= 15 is 0 Å². The van der Waals surface area contributed by atoms with Crippen LogP contribution in [0.1, 0.15) is 18.4 Å². The van der Waals surface area contributed by atoms with E-state index in [-0.39, 0.29) is 6.42 Å². The number of ether oxygens (including phenoxy) is 1. The van der Waals surface area contributed by atoms with E-state index in [2.05, 4.69) is 0 Å². The molecule has 19 heavy (non-hydrogen) atoms. The lowest BCUT2D eigenvalue weighted by atomic mass is 10.2. The number of benzene rings is 1. The maximum Gasteiger partial charge on any atom is 0.261 e. The van der Waals surface area contributed by atoms with Crippen molar-refractivity contribution in [1.29, 1.82) is 0 Å². The molecule has 1 heterocycles. The van der Waals surface area contributed by atoms with E-state index in [1.165, 1.54) is 13.2 Å².